The molecule has 0 saturated carbocycles. The van der Waals surface area contributed by atoms with E-state index in [1.54, 1.807) is 11.8 Å². The van der Waals surface area contributed by atoms with Crippen LogP contribution < -0.4 is 5.90 Å². The standard InChI is InChI=1S/C10H14N2O2S/c1-13-10(11)8-2-4-9(5-3-8)15-7-6-14-12/h2-5,11H,6-7,12H2,1H3. The fraction of sp³-hybridized carbons (Fsp3) is 0.300. The molecule has 1 aromatic rings. The molecule has 0 atom stereocenters. The highest BCUT2D eigenvalue weighted by Crippen LogP contribution is 2.18. The molecule has 3 N–H and O–H groups in total. The highest BCUT2D eigenvalue weighted by atomic mass is 32.2. The number of methoxy groups -OCH3 is 1. The number of ether oxygens (including phenoxy) is 1. The van der Waals surface area contributed by atoms with Gasteiger partial charge in [0.1, 0.15) is 0 Å². The van der Waals surface area contributed by atoms with Crippen LogP contribution in [0.4, 0.5) is 0 Å². The Morgan fingerprint density at radius 3 is 2.60 bits per heavy atom. The van der Waals surface area contributed by atoms with Crippen LogP contribution in [0.1, 0.15) is 5.56 Å². The third kappa shape index (κ3) is 3.91. The zero-order valence-corrected chi connectivity index (χ0v) is 9.34. The summed E-state index contributed by atoms with van der Waals surface area (Å²) in [6, 6.07) is 7.61. The van der Waals surface area contributed by atoms with Gasteiger partial charge in [-0.15, -0.1) is 11.8 Å². The van der Waals surface area contributed by atoms with Gasteiger partial charge in [-0.25, -0.2) is 5.90 Å². The smallest absolute Gasteiger partial charge is 0.212 e. The van der Waals surface area contributed by atoms with Crippen molar-refractivity contribution in [3.63, 3.8) is 0 Å². The van der Waals surface area contributed by atoms with Crippen LogP contribution in [0.25, 0.3) is 0 Å². The molecule has 15 heavy (non-hydrogen) atoms. The number of nitrogens with one attached hydrogen (secondary N) is 1. The van der Waals surface area contributed by atoms with Crippen molar-refractivity contribution in [1.82, 2.24) is 0 Å². The summed E-state index contributed by atoms with van der Waals surface area (Å²) >= 11 is 1.66. The molecule has 0 aliphatic heterocycles. The van der Waals surface area contributed by atoms with Crippen molar-refractivity contribution in [2.75, 3.05) is 19.5 Å². The number of nitrogens with two attached hydrogens (primary N) is 1. The Morgan fingerprint density at radius 2 is 2.07 bits per heavy atom. The molecule has 1 aromatic carbocycles. The molecule has 0 spiro atoms. The number of thioether (sulfide) groups is 1. The lowest BCUT2D eigenvalue weighted by molar-refractivity contribution is 0.155. The highest BCUT2D eigenvalue weighted by Gasteiger charge is 2.00. The van der Waals surface area contributed by atoms with Gasteiger partial charge < -0.3 is 9.57 Å². The Kier molecular flexibility index (Phi) is 5.17. The van der Waals surface area contributed by atoms with Crippen LogP contribution >= 0.6 is 11.8 Å². The average molecular weight is 226 g/mol. The van der Waals surface area contributed by atoms with Gasteiger partial charge in [-0.05, 0) is 24.3 Å². The maximum absolute atomic E-state index is 7.45. The van der Waals surface area contributed by atoms with E-state index in [0.717, 1.165) is 16.2 Å². The fourth-order valence-corrected chi connectivity index (χ4v) is 1.77. The van der Waals surface area contributed by atoms with Crippen molar-refractivity contribution in [3.8, 4) is 0 Å². The molecule has 0 heterocycles. The van der Waals surface area contributed by atoms with E-state index in [1.165, 1.54) is 7.11 Å². The summed E-state index contributed by atoms with van der Waals surface area (Å²) in [5.74, 6) is 5.91. The van der Waals surface area contributed by atoms with E-state index in [4.69, 9.17) is 16.0 Å². The van der Waals surface area contributed by atoms with E-state index in [9.17, 15) is 0 Å². The first-order chi connectivity index (χ1) is 7.27. The van der Waals surface area contributed by atoms with Crippen LogP contribution in [0.2, 0.25) is 0 Å². The molecular formula is C10H14N2O2S. The lowest BCUT2D eigenvalue weighted by Crippen LogP contribution is -2.03. The van der Waals surface area contributed by atoms with Gasteiger partial charge in [0, 0.05) is 16.2 Å². The minimum Gasteiger partial charge on any atom is -0.481 e. The summed E-state index contributed by atoms with van der Waals surface area (Å²) in [6.07, 6.45) is 0. The monoisotopic (exact) mass is 226 g/mol. The molecule has 0 bridgehead atoms. The SMILES string of the molecule is COC(=N)c1ccc(SCCON)cc1. The van der Waals surface area contributed by atoms with Gasteiger partial charge in [0.05, 0.1) is 13.7 Å². The third-order valence-corrected chi connectivity index (χ3v) is 2.77. The van der Waals surface area contributed by atoms with Gasteiger partial charge in [0.15, 0.2) is 0 Å². The lowest BCUT2D eigenvalue weighted by atomic mass is 10.2. The topological polar surface area (TPSA) is 68.3 Å². The van der Waals surface area contributed by atoms with Crippen molar-refractivity contribution in [3.05, 3.63) is 29.8 Å². The van der Waals surface area contributed by atoms with E-state index in [2.05, 4.69) is 4.84 Å². The summed E-state index contributed by atoms with van der Waals surface area (Å²) in [5, 5.41) is 7.45. The van der Waals surface area contributed by atoms with Gasteiger partial charge in [0.2, 0.25) is 5.90 Å². The number of rotatable bonds is 5. The molecular weight excluding hydrogens is 212 g/mol. The molecule has 0 radical (unpaired) electrons. The van der Waals surface area contributed by atoms with E-state index in [0.29, 0.717) is 6.61 Å². The molecule has 82 valence electrons. The van der Waals surface area contributed by atoms with Crippen molar-refractivity contribution < 1.29 is 9.57 Å². The van der Waals surface area contributed by atoms with Gasteiger partial charge in [0.25, 0.3) is 0 Å². The number of benzene rings is 1. The van der Waals surface area contributed by atoms with E-state index >= 15 is 0 Å². The molecule has 0 aliphatic carbocycles. The molecule has 5 heteroatoms. The maximum Gasteiger partial charge on any atom is 0.212 e. The summed E-state index contributed by atoms with van der Waals surface area (Å²) in [4.78, 5) is 5.59. The predicted molar refractivity (Wildman–Crippen MR) is 61.1 cm³/mol. The van der Waals surface area contributed by atoms with Crippen molar-refractivity contribution >= 4 is 17.7 Å². The molecule has 0 aromatic heterocycles. The van der Waals surface area contributed by atoms with Crippen molar-refractivity contribution in [2.24, 2.45) is 5.90 Å². The first kappa shape index (κ1) is 12.0. The first-order valence-corrected chi connectivity index (χ1v) is 5.44. The Bertz CT molecular complexity index is 314. The summed E-state index contributed by atoms with van der Waals surface area (Å²) in [5.41, 5.74) is 0.775. The quantitative estimate of drug-likeness (QED) is 0.263. The van der Waals surface area contributed by atoms with Crippen molar-refractivity contribution in [2.45, 2.75) is 4.90 Å². The summed E-state index contributed by atoms with van der Waals surface area (Å²) in [7, 11) is 1.49. The average Bonchev–Trinajstić information content (AvgIpc) is 2.29. The molecule has 0 saturated heterocycles. The van der Waals surface area contributed by atoms with Crippen LogP contribution in [0.15, 0.2) is 29.2 Å². The lowest BCUT2D eigenvalue weighted by Gasteiger charge is -2.04. The third-order valence-electron chi connectivity index (χ3n) is 1.79. The summed E-state index contributed by atoms with van der Waals surface area (Å²) in [6.45, 7) is 0.528. The Hall–Kier alpha value is -1.04. The van der Waals surface area contributed by atoms with Crippen LogP contribution in [0.3, 0.4) is 0 Å². The number of hydrogen-bond donors (Lipinski definition) is 2. The number of hydrogen-bond acceptors (Lipinski definition) is 5. The first-order valence-electron chi connectivity index (χ1n) is 4.45. The molecule has 0 aliphatic rings. The minimum absolute atomic E-state index is 0.178. The second-order valence-electron chi connectivity index (χ2n) is 2.78. The molecule has 0 unspecified atom stereocenters. The van der Waals surface area contributed by atoms with Gasteiger partial charge in [-0.1, -0.05) is 0 Å². The Morgan fingerprint density at radius 1 is 1.40 bits per heavy atom. The van der Waals surface area contributed by atoms with Gasteiger partial charge >= 0.3 is 0 Å². The van der Waals surface area contributed by atoms with Crippen LogP contribution in [-0.4, -0.2) is 25.4 Å². The minimum atomic E-state index is 0.178. The molecule has 0 fully saturated rings. The molecule has 1 rings (SSSR count). The molecule has 0 amide bonds. The van der Waals surface area contributed by atoms with E-state index < -0.39 is 0 Å². The van der Waals surface area contributed by atoms with Gasteiger partial charge in [-0.3, -0.25) is 5.41 Å². The Labute approximate surface area is 93.2 Å². The Balaban J connectivity index is 2.52. The van der Waals surface area contributed by atoms with Crippen LogP contribution in [0.5, 0.6) is 0 Å². The van der Waals surface area contributed by atoms with E-state index in [-0.39, 0.29) is 5.90 Å². The predicted octanol–water partition coefficient (Wildman–Crippen LogP) is 1.64. The molecule has 4 nitrogen and oxygen atoms in total. The largest absolute Gasteiger partial charge is 0.481 e. The zero-order valence-electron chi connectivity index (χ0n) is 8.53. The highest BCUT2D eigenvalue weighted by molar-refractivity contribution is 7.99. The van der Waals surface area contributed by atoms with Gasteiger partial charge in [-0.2, -0.15) is 0 Å². The van der Waals surface area contributed by atoms with Crippen LogP contribution in [0, 0.1) is 5.41 Å². The normalized spacial score (nSPS) is 10.0. The summed E-state index contributed by atoms with van der Waals surface area (Å²) < 4.78 is 4.81. The zero-order chi connectivity index (χ0) is 11.1. The maximum atomic E-state index is 7.45. The van der Waals surface area contributed by atoms with Crippen molar-refractivity contribution in [1.29, 1.82) is 5.41 Å². The second kappa shape index (κ2) is 6.44. The van der Waals surface area contributed by atoms with Crippen LogP contribution in [-0.2, 0) is 9.57 Å². The van der Waals surface area contributed by atoms with E-state index in [1.807, 2.05) is 24.3 Å². The second-order valence-corrected chi connectivity index (χ2v) is 3.95. The fourth-order valence-electron chi connectivity index (χ4n) is 1.03.